The average molecular weight is 826 g/mol. The minimum Gasteiger partial charge on any atom is -0.394 e. The van der Waals surface area contributed by atoms with Crippen LogP contribution >= 0.6 is 0 Å². The topological polar surface area (TPSA) is 260 Å². The molecule has 2 fully saturated rings. The van der Waals surface area contributed by atoms with Crippen molar-refractivity contribution in [3.63, 3.8) is 0 Å². The molecule has 9 atom stereocenters. The van der Waals surface area contributed by atoms with E-state index in [0.717, 1.165) is 29.0 Å². The van der Waals surface area contributed by atoms with Gasteiger partial charge in [0, 0.05) is 56.3 Å². The second-order valence-electron chi connectivity index (χ2n) is 15.2. The first-order valence-corrected chi connectivity index (χ1v) is 19.9. The Kier molecular flexibility index (Phi) is 14.6. The molecule has 0 radical (unpaired) electrons. The second-order valence-corrected chi connectivity index (χ2v) is 15.2. The Morgan fingerprint density at radius 1 is 0.750 bits per heavy atom. The summed E-state index contributed by atoms with van der Waals surface area (Å²) in [6, 6.07) is 21.6. The molecule has 17 nitrogen and oxygen atoms in total. The van der Waals surface area contributed by atoms with Crippen LogP contribution in [0.4, 0.5) is 0 Å². The van der Waals surface area contributed by atoms with Crippen LogP contribution < -0.4 is 31.9 Å². The van der Waals surface area contributed by atoms with Crippen LogP contribution in [0.3, 0.4) is 0 Å². The van der Waals surface area contributed by atoms with Gasteiger partial charge in [-0.25, -0.2) is 0 Å². The fourth-order valence-corrected chi connectivity index (χ4v) is 7.62. The largest absolute Gasteiger partial charge is 0.394 e. The number of rotatable bonds is 11. The summed E-state index contributed by atoms with van der Waals surface area (Å²) in [6.07, 6.45) is -4.96. The number of fused-ring (bicyclic) bond motifs is 1. The molecule has 0 bridgehead atoms. The predicted molar refractivity (Wildman–Crippen MR) is 217 cm³/mol. The zero-order valence-corrected chi connectivity index (χ0v) is 33.0. The van der Waals surface area contributed by atoms with Crippen molar-refractivity contribution in [1.29, 1.82) is 0 Å². The van der Waals surface area contributed by atoms with E-state index in [2.05, 4.69) is 36.9 Å². The molecule has 318 valence electrons. The van der Waals surface area contributed by atoms with Crippen molar-refractivity contribution in [2.75, 3.05) is 13.2 Å². The third kappa shape index (κ3) is 11.3. The summed E-state index contributed by atoms with van der Waals surface area (Å²) in [6.45, 7) is 0.341. The van der Waals surface area contributed by atoms with Crippen molar-refractivity contribution in [3.8, 4) is 0 Å². The van der Waals surface area contributed by atoms with Crippen molar-refractivity contribution in [1.82, 2.24) is 36.9 Å². The maximum Gasteiger partial charge on any atom is 0.243 e. The van der Waals surface area contributed by atoms with Gasteiger partial charge in [0.05, 0.1) is 18.6 Å². The molecule has 4 aromatic rings. The van der Waals surface area contributed by atoms with Gasteiger partial charge in [-0.05, 0) is 29.2 Å². The Morgan fingerprint density at radius 3 is 2.07 bits per heavy atom. The van der Waals surface area contributed by atoms with Crippen LogP contribution in [0.15, 0.2) is 91.1 Å². The van der Waals surface area contributed by atoms with Gasteiger partial charge in [-0.1, -0.05) is 78.9 Å². The molecule has 10 N–H and O–H groups in total. The number of carbonyl (C=O) groups excluding carboxylic acids is 6. The zero-order valence-electron chi connectivity index (χ0n) is 33.0. The summed E-state index contributed by atoms with van der Waals surface area (Å²) in [5.74, 6) is -5.33. The van der Waals surface area contributed by atoms with Crippen LogP contribution in [0, 0.1) is 5.92 Å². The molecule has 60 heavy (non-hydrogen) atoms. The highest BCUT2D eigenvalue weighted by Gasteiger charge is 2.45. The number of carbonyl (C=O) groups is 6. The quantitative estimate of drug-likeness (QED) is 0.0904. The van der Waals surface area contributed by atoms with Gasteiger partial charge in [0.15, 0.2) is 6.23 Å². The number of nitrogens with one attached hydrogen (secondary N) is 7. The highest BCUT2D eigenvalue weighted by molar-refractivity contribution is 5.95. The normalized spacial score (nSPS) is 26.8. The lowest BCUT2D eigenvalue weighted by Crippen LogP contribution is -2.68. The van der Waals surface area contributed by atoms with Crippen LogP contribution in [-0.4, -0.2) is 118 Å². The van der Waals surface area contributed by atoms with Crippen molar-refractivity contribution < 1.29 is 48.8 Å². The van der Waals surface area contributed by atoms with E-state index in [-0.39, 0.29) is 25.8 Å². The SMILES string of the molecule is CC(=O)NC1C(NC(=O)C[C@H]2CC(=O)N[C@@H](Cc3c[nH]c4ccccc34)C(=O)N[C@H](Cc3ccccc3)C(=O)N[C@H](Cc3ccccc3)CNC2=O)OC(CO)C(O)C1O. The number of hydrogen-bond donors (Lipinski definition) is 10. The molecule has 0 aliphatic carbocycles. The molecule has 17 heteroatoms. The van der Waals surface area contributed by atoms with Crippen LogP contribution in [0.25, 0.3) is 10.9 Å². The Hall–Kier alpha value is -6.14. The smallest absolute Gasteiger partial charge is 0.243 e. The summed E-state index contributed by atoms with van der Waals surface area (Å²) >= 11 is 0. The van der Waals surface area contributed by atoms with E-state index < -0.39 is 110 Å². The number of aliphatic hydroxyl groups excluding tert-OH is 3. The predicted octanol–water partition coefficient (Wildman–Crippen LogP) is -0.764. The molecule has 2 aliphatic rings. The van der Waals surface area contributed by atoms with E-state index in [4.69, 9.17) is 4.74 Å². The molecule has 2 saturated heterocycles. The van der Waals surface area contributed by atoms with E-state index in [9.17, 15) is 44.1 Å². The molecule has 6 rings (SSSR count). The number of para-hydroxylation sites is 1. The molecule has 0 saturated carbocycles. The van der Waals surface area contributed by atoms with E-state index in [1.807, 2.05) is 84.9 Å². The maximum atomic E-state index is 14.3. The number of aliphatic hydroxyl groups is 3. The van der Waals surface area contributed by atoms with Gasteiger partial charge in [-0.3, -0.25) is 28.8 Å². The Morgan fingerprint density at radius 2 is 1.38 bits per heavy atom. The lowest BCUT2D eigenvalue weighted by atomic mass is 9.95. The van der Waals surface area contributed by atoms with Crippen molar-refractivity contribution in [2.24, 2.45) is 5.92 Å². The van der Waals surface area contributed by atoms with Crippen LogP contribution in [-0.2, 0) is 52.8 Å². The van der Waals surface area contributed by atoms with Crippen LogP contribution in [0.5, 0.6) is 0 Å². The number of H-pyrrole nitrogens is 1. The summed E-state index contributed by atoms with van der Waals surface area (Å²) in [7, 11) is 0. The van der Waals surface area contributed by atoms with Gasteiger partial charge in [0.25, 0.3) is 0 Å². The standard InChI is InChI=1S/C43H51N7O10/c1-24(52)46-37-39(56)38(55)34(23-51)60-43(37)50-36(54)20-27-19-35(53)48-33(18-28-21-44-31-15-9-8-14-30(28)31)42(59)49-32(17-26-12-6-3-7-13-26)41(58)47-29(22-45-40(27)57)16-25-10-4-2-5-11-25/h2-15,21,27,29,32-34,37-39,43-44,51,55-56H,16-20,22-23H2,1H3,(H,45,57)(H,46,52)(H,47,58)(H,48,53)(H,49,59)(H,50,54)/t27-,29-,32-,33+,34?,37?,38?,39?,43?/m1/s1. The molecule has 3 heterocycles. The van der Waals surface area contributed by atoms with E-state index in [1.54, 1.807) is 6.20 Å². The van der Waals surface area contributed by atoms with Crippen molar-refractivity contribution in [2.45, 2.75) is 87.7 Å². The summed E-state index contributed by atoms with van der Waals surface area (Å²) < 4.78 is 5.64. The number of hydrogen-bond acceptors (Lipinski definition) is 10. The van der Waals surface area contributed by atoms with Crippen molar-refractivity contribution >= 4 is 46.3 Å². The molecular weight excluding hydrogens is 775 g/mol. The number of ether oxygens (including phenoxy) is 1. The third-order valence-electron chi connectivity index (χ3n) is 10.7. The minimum absolute atomic E-state index is 0.0129. The number of aromatic amines is 1. The lowest BCUT2D eigenvalue weighted by Gasteiger charge is -2.42. The average Bonchev–Trinajstić information content (AvgIpc) is 3.64. The van der Waals surface area contributed by atoms with Gasteiger partial charge in [-0.15, -0.1) is 0 Å². The second kappa shape index (κ2) is 20.2. The van der Waals surface area contributed by atoms with E-state index in [1.165, 1.54) is 0 Å². The van der Waals surface area contributed by atoms with Gasteiger partial charge in [0.1, 0.15) is 36.4 Å². The fraction of sp³-hybridized carbons (Fsp3) is 0.395. The summed E-state index contributed by atoms with van der Waals surface area (Å²) in [5.41, 5.74) is 3.15. The molecule has 5 unspecified atom stereocenters. The molecule has 6 amide bonds. The van der Waals surface area contributed by atoms with Gasteiger partial charge >= 0.3 is 0 Å². The van der Waals surface area contributed by atoms with Gasteiger partial charge in [-0.2, -0.15) is 0 Å². The first-order valence-electron chi connectivity index (χ1n) is 19.9. The Balaban J connectivity index is 1.30. The number of benzene rings is 3. The molecular formula is C43H51N7O10. The Bertz CT molecular complexity index is 2130. The minimum atomic E-state index is -1.64. The zero-order chi connectivity index (χ0) is 42.8. The van der Waals surface area contributed by atoms with E-state index >= 15 is 0 Å². The van der Waals surface area contributed by atoms with Crippen molar-refractivity contribution in [3.05, 3.63) is 108 Å². The fourth-order valence-electron chi connectivity index (χ4n) is 7.62. The maximum absolute atomic E-state index is 14.3. The first kappa shape index (κ1) is 43.4. The van der Waals surface area contributed by atoms with Crippen LogP contribution in [0.2, 0.25) is 0 Å². The number of aromatic nitrogens is 1. The third-order valence-corrected chi connectivity index (χ3v) is 10.7. The number of amides is 6. The highest BCUT2D eigenvalue weighted by atomic mass is 16.5. The molecule has 0 spiro atoms. The molecule has 3 aromatic carbocycles. The summed E-state index contributed by atoms with van der Waals surface area (Å²) in [4.78, 5) is 85.3. The Labute approximate surface area is 346 Å². The van der Waals surface area contributed by atoms with Gasteiger partial charge < -0.3 is 56.9 Å². The first-order chi connectivity index (χ1) is 28.9. The summed E-state index contributed by atoms with van der Waals surface area (Å²) in [5, 5.41) is 48.1. The van der Waals surface area contributed by atoms with E-state index in [0.29, 0.717) is 5.56 Å². The van der Waals surface area contributed by atoms with Gasteiger partial charge in [0.2, 0.25) is 35.4 Å². The van der Waals surface area contributed by atoms with Crippen LogP contribution in [0.1, 0.15) is 36.5 Å². The lowest BCUT2D eigenvalue weighted by molar-refractivity contribution is -0.203. The monoisotopic (exact) mass is 825 g/mol. The highest BCUT2D eigenvalue weighted by Crippen LogP contribution is 2.22. The molecule has 1 aromatic heterocycles. The molecule has 2 aliphatic heterocycles.